The zero-order valence-corrected chi connectivity index (χ0v) is 15.4. The van der Waals surface area contributed by atoms with Crippen molar-refractivity contribution in [1.82, 2.24) is 9.97 Å². The van der Waals surface area contributed by atoms with Gasteiger partial charge in [0.2, 0.25) is 5.95 Å². The molecule has 0 amide bonds. The molecule has 0 spiro atoms. The maximum atomic E-state index is 14.4. The van der Waals surface area contributed by atoms with Crippen LogP contribution in [0.5, 0.6) is 0 Å². The number of aromatic nitrogens is 2. The van der Waals surface area contributed by atoms with Crippen LogP contribution in [0.2, 0.25) is 0 Å². The lowest BCUT2D eigenvalue weighted by molar-refractivity contribution is -0.137. The fourth-order valence-electron chi connectivity index (χ4n) is 5.14. The Morgan fingerprint density at radius 3 is 2.63 bits per heavy atom. The quantitative estimate of drug-likeness (QED) is 0.850. The average molecular weight is 378 g/mol. The first kappa shape index (κ1) is 17.1. The summed E-state index contributed by atoms with van der Waals surface area (Å²) in [6.45, 7) is 4.46. The molecular weight excluding hydrogens is 354 g/mol. The van der Waals surface area contributed by atoms with Gasteiger partial charge in [-0.15, -0.1) is 0 Å². The summed E-state index contributed by atoms with van der Waals surface area (Å²) < 4.78 is 28.8. The van der Waals surface area contributed by atoms with Crippen LogP contribution in [0.25, 0.3) is 0 Å². The van der Waals surface area contributed by atoms with E-state index < -0.39 is 11.9 Å². The summed E-state index contributed by atoms with van der Waals surface area (Å²) in [6, 6.07) is 0.290. The van der Waals surface area contributed by atoms with Crippen molar-refractivity contribution in [2.45, 2.75) is 51.0 Å². The van der Waals surface area contributed by atoms with E-state index in [1.54, 1.807) is 0 Å². The van der Waals surface area contributed by atoms with E-state index in [4.69, 9.17) is 10.1 Å². The minimum absolute atomic E-state index is 0.0791. The monoisotopic (exact) mass is 378 g/mol. The topological polar surface area (TPSA) is 69.6 Å². The number of halogens is 2. The maximum Gasteiger partial charge on any atom is 0.303 e. The van der Waals surface area contributed by atoms with Crippen molar-refractivity contribution >= 4 is 17.7 Å². The first-order valence-electron chi connectivity index (χ1n) is 9.88. The van der Waals surface area contributed by atoms with Gasteiger partial charge in [-0.3, -0.25) is 4.79 Å². The van der Waals surface area contributed by atoms with Gasteiger partial charge in [0.1, 0.15) is 11.5 Å². The van der Waals surface area contributed by atoms with Crippen LogP contribution < -0.4 is 9.80 Å². The molecule has 2 unspecified atom stereocenters. The second-order valence-corrected chi connectivity index (χ2v) is 8.54. The van der Waals surface area contributed by atoms with Crippen LogP contribution in [-0.2, 0) is 17.1 Å². The summed E-state index contributed by atoms with van der Waals surface area (Å²) in [6.07, 6.45) is 2.09. The molecule has 8 heteroatoms. The normalized spacial score (nSPS) is 32.9. The maximum absolute atomic E-state index is 14.4. The number of hydrogen-bond donors (Lipinski definition) is 1. The number of anilines is 2. The fraction of sp³-hybridized carbons (Fsp3) is 0.737. The molecule has 2 aliphatic carbocycles. The molecule has 4 aliphatic rings. The zero-order valence-electron chi connectivity index (χ0n) is 15.4. The van der Waals surface area contributed by atoms with Crippen LogP contribution in [-0.4, -0.2) is 46.7 Å². The number of piperidine rings is 1. The van der Waals surface area contributed by atoms with Crippen molar-refractivity contribution < 1.29 is 18.7 Å². The van der Waals surface area contributed by atoms with Gasteiger partial charge in [0.05, 0.1) is 0 Å². The van der Waals surface area contributed by atoms with Gasteiger partial charge in [0, 0.05) is 44.1 Å². The number of carboxylic acids is 1. The van der Waals surface area contributed by atoms with Crippen LogP contribution in [0.3, 0.4) is 0 Å². The van der Waals surface area contributed by atoms with Crippen LogP contribution in [0.15, 0.2) is 0 Å². The fourth-order valence-corrected chi connectivity index (χ4v) is 5.14. The molecule has 0 radical (unpaired) electrons. The third kappa shape index (κ3) is 2.67. The molecule has 1 N–H and O–H groups in total. The minimum atomic E-state index is -2.87. The summed E-state index contributed by atoms with van der Waals surface area (Å²) in [7, 11) is 0. The van der Waals surface area contributed by atoms with Gasteiger partial charge < -0.3 is 14.9 Å². The number of rotatable bonds is 5. The smallest absolute Gasteiger partial charge is 0.303 e. The Bertz CT molecular complexity index is 790. The number of carboxylic acid groups (broad SMARTS) is 1. The predicted molar refractivity (Wildman–Crippen MR) is 95.2 cm³/mol. The van der Waals surface area contributed by atoms with Crippen molar-refractivity contribution in [3.05, 3.63) is 11.3 Å². The molecule has 1 aromatic heterocycles. The molecule has 1 aromatic rings. The summed E-state index contributed by atoms with van der Waals surface area (Å²) >= 11 is 0. The van der Waals surface area contributed by atoms with E-state index in [9.17, 15) is 13.6 Å². The van der Waals surface area contributed by atoms with Gasteiger partial charge in [0.15, 0.2) is 0 Å². The summed E-state index contributed by atoms with van der Waals surface area (Å²) in [4.78, 5) is 23.9. The van der Waals surface area contributed by atoms with Gasteiger partial charge in [-0.25, -0.2) is 4.98 Å². The first-order chi connectivity index (χ1) is 12.8. The number of fused-ring (bicyclic) bond motifs is 2. The van der Waals surface area contributed by atoms with Crippen LogP contribution in [0.4, 0.5) is 20.5 Å². The lowest BCUT2D eigenvalue weighted by Gasteiger charge is -2.39. The Morgan fingerprint density at radius 1 is 1.30 bits per heavy atom. The molecular formula is C19H24F2N4O2. The Balaban J connectivity index is 1.40. The van der Waals surface area contributed by atoms with E-state index in [0.717, 1.165) is 32.5 Å². The molecule has 146 valence electrons. The number of carbonyl (C=O) groups is 1. The van der Waals surface area contributed by atoms with Crippen molar-refractivity contribution in [1.29, 1.82) is 0 Å². The van der Waals surface area contributed by atoms with Crippen molar-refractivity contribution in [3.63, 3.8) is 0 Å². The van der Waals surface area contributed by atoms with Gasteiger partial charge in [-0.1, -0.05) is 0 Å². The second kappa shape index (κ2) is 5.75. The highest BCUT2D eigenvalue weighted by atomic mass is 19.3. The molecule has 5 rings (SSSR count). The average Bonchev–Trinajstić information content (AvgIpc) is 2.91. The van der Waals surface area contributed by atoms with Crippen molar-refractivity contribution in [2.24, 2.45) is 17.8 Å². The highest BCUT2D eigenvalue weighted by Gasteiger charge is 2.56. The predicted octanol–water partition coefficient (Wildman–Crippen LogP) is 2.66. The van der Waals surface area contributed by atoms with E-state index in [1.165, 1.54) is 0 Å². The number of alkyl halides is 2. The number of aliphatic carboxylic acids is 1. The second-order valence-electron chi connectivity index (χ2n) is 8.54. The van der Waals surface area contributed by atoms with Gasteiger partial charge in [0.25, 0.3) is 5.92 Å². The Morgan fingerprint density at radius 2 is 2.04 bits per heavy atom. The number of hydrogen-bond acceptors (Lipinski definition) is 5. The molecule has 3 heterocycles. The lowest BCUT2D eigenvalue weighted by atomic mass is 10.1. The van der Waals surface area contributed by atoms with Gasteiger partial charge in [-0.05, 0) is 43.9 Å². The summed E-state index contributed by atoms with van der Waals surface area (Å²) in [5.41, 5.74) is 0.532. The molecule has 0 bridgehead atoms. The van der Waals surface area contributed by atoms with E-state index >= 15 is 0 Å². The number of nitrogens with zero attached hydrogens (tertiary/aromatic N) is 4. The first-order valence-corrected chi connectivity index (χ1v) is 9.88. The van der Waals surface area contributed by atoms with Crippen molar-refractivity contribution in [3.8, 4) is 0 Å². The standard InChI is InChI=1S/C19H24F2N4O2/c1-10-5-7-25(10)18-22-16-12(4-6-19(16,20)21)17(23-18)24-8-13-11(14(13)9-24)2-3-15(26)27/h10-11,13-14H,2-9H2,1H3,(H,26,27)/t10?,11?,13-,14+. The van der Waals surface area contributed by atoms with E-state index in [1.807, 2.05) is 4.90 Å². The van der Waals surface area contributed by atoms with Crippen molar-refractivity contribution in [2.75, 3.05) is 29.4 Å². The molecule has 4 atom stereocenters. The largest absolute Gasteiger partial charge is 0.481 e. The molecule has 27 heavy (non-hydrogen) atoms. The zero-order chi connectivity index (χ0) is 18.9. The van der Waals surface area contributed by atoms with Crippen LogP contribution >= 0.6 is 0 Å². The minimum Gasteiger partial charge on any atom is -0.481 e. The molecule has 2 aliphatic heterocycles. The van der Waals surface area contributed by atoms with E-state index in [0.29, 0.717) is 47.5 Å². The van der Waals surface area contributed by atoms with Crippen LogP contribution in [0, 0.1) is 17.8 Å². The van der Waals surface area contributed by atoms with Gasteiger partial charge in [-0.2, -0.15) is 13.8 Å². The molecule has 6 nitrogen and oxygen atoms in total. The molecule has 3 fully saturated rings. The van der Waals surface area contributed by atoms with Gasteiger partial charge >= 0.3 is 5.97 Å². The molecule has 0 aromatic carbocycles. The summed E-state index contributed by atoms with van der Waals surface area (Å²) in [5, 5.41) is 8.87. The summed E-state index contributed by atoms with van der Waals surface area (Å²) in [5.74, 6) is -1.08. The van der Waals surface area contributed by atoms with Crippen LogP contribution in [0.1, 0.15) is 43.9 Å². The molecule has 2 saturated heterocycles. The highest BCUT2D eigenvalue weighted by molar-refractivity contribution is 5.66. The third-order valence-electron chi connectivity index (χ3n) is 6.95. The Hall–Kier alpha value is -1.99. The highest BCUT2D eigenvalue weighted by Crippen LogP contribution is 2.55. The van der Waals surface area contributed by atoms with E-state index in [2.05, 4.69) is 16.8 Å². The lowest BCUT2D eigenvalue weighted by Crippen LogP contribution is -2.47. The Labute approximate surface area is 156 Å². The van der Waals surface area contributed by atoms with E-state index in [-0.39, 0.29) is 18.5 Å². The third-order valence-corrected chi connectivity index (χ3v) is 6.95. The Kier molecular flexibility index (Phi) is 3.65. The SMILES string of the molecule is CC1CCN1c1nc(N2C[C@@H]3C(CCC(=O)O)[C@@H]3C2)c2c(n1)C(F)(F)CC2. The molecule has 1 saturated carbocycles.